The molecule has 1 unspecified atom stereocenters. The summed E-state index contributed by atoms with van der Waals surface area (Å²) in [7, 11) is 1.57. The second kappa shape index (κ2) is 10.8. The van der Waals surface area contributed by atoms with Crippen LogP contribution in [0.25, 0.3) is 10.9 Å². The fraction of sp³-hybridized carbons (Fsp3) is 0.333. The lowest BCUT2D eigenvalue weighted by atomic mass is 9.96. The van der Waals surface area contributed by atoms with E-state index in [0.717, 1.165) is 10.9 Å². The quantitative estimate of drug-likeness (QED) is 0.471. The van der Waals surface area contributed by atoms with Crippen molar-refractivity contribution in [2.45, 2.75) is 25.3 Å². The number of morpholine rings is 1. The lowest BCUT2D eigenvalue weighted by Gasteiger charge is -2.31. The summed E-state index contributed by atoms with van der Waals surface area (Å²) in [6, 6.07) is 12.1. The Balaban J connectivity index is 1.64. The van der Waals surface area contributed by atoms with Gasteiger partial charge in [-0.25, -0.2) is 5.01 Å². The first-order chi connectivity index (χ1) is 18.4. The van der Waals surface area contributed by atoms with Crippen molar-refractivity contribution < 1.29 is 24.2 Å². The number of carbonyl (C=O) groups is 2. The molecule has 11 heteroatoms. The largest absolute Gasteiger partial charge is 0.497 e. The number of aliphatic carboxylic acids is 1. The van der Waals surface area contributed by atoms with Gasteiger partial charge < -0.3 is 24.5 Å². The number of nitrogens with zero attached hydrogens (tertiary/aromatic N) is 3. The number of ether oxygens (including phenoxy) is 2. The number of hydrogen-bond acceptors (Lipinski definition) is 7. The molecule has 0 spiro atoms. The van der Waals surface area contributed by atoms with Gasteiger partial charge in [-0.05, 0) is 35.9 Å². The van der Waals surface area contributed by atoms with Crippen LogP contribution in [0.15, 0.2) is 52.4 Å². The summed E-state index contributed by atoms with van der Waals surface area (Å²) < 4.78 is 10.8. The van der Waals surface area contributed by atoms with Crippen molar-refractivity contribution in [1.82, 2.24) is 9.99 Å². The summed E-state index contributed by atoms with van der Waals surface area (Å²) in [5, 5.41) is 16.4. The van der Waals surface area contributed by atoms with Gasteiger partial charge >= 0.3 is 5.97 Å². The Hall–Kier alpha value is -3.89. The van der Waals surface area contributed by atoms with Gasteiger partial charge in [0.25, 0.3) is 5.56 Å². The molecule has 3 aromatic rings. The maximum atomic E-state index is 13.6. The van der Waals surface area contributed by atoms with Crippen molar-refractivity contribution in [1.29, 1.82) is 0 Å². The van der Waals surface area contributed by atoms with Crippen molar-refractivity contribution in [3.05, 3.63) is 69.0 Å². The Morgan fingerprint density at radius 2 is 1.89 bits per heavy atom. The molecule has 0 bridgehead atoms. The molecule has 1 amide bonds. The molecule has 5 rings (SSSR count). The summed E-state index contributed by atoms with van der Waals surface area (Å²) in [5.41, 5.74) is 2.62. The third kappa shape index (κ3) is 5.09. The number of methoxy groups -OCH3 is 1. The van der Waals surface area contributed by atoms with Crippen LogP contribution < -0.4 is 15.2 Å². The predicted octanol–water partition coefficient (Wildman–Crippen LogP) is 3.57. The number of nitrogens with one attached hydrogen (secondary N) is 1. The number of hydrazone groups is 1. The first-order valence-corrected chi connectivity index (χ1v) is 12.7. The molecule has 1 fully saturated rings. The maximum Gasteiger partial charge on any atom is 0.303 e. The van der Waals surface area contributed by atoms with Gasteiger partial charge in [0.15, 0.2) is 0 Å². The Morgan fingerprint density at radius 3 is 2.58 bits per heavy atom. The standard InChI is InChI=1S/C27H27ClN4O6/c1-37-18-5-2-16(3-6-18)22-15-21(30-32(22)23(33)8-9-24(34)35)25-26(31-10-12-38-13-11-31)19-14-17(28)4-7-20(19)29-27(25)36/h2-7,14,22H,8-13,15H2,1H3,(H,29,36)(H,34,35). The topological polar surface area (TPSA) is 125 Å². The summed E-state index contributed by atoms with van der Waals surface area (Å²) in [4.78, 5) is 42.9. The van der Waals surface area contributed by atoms with E-state index in [-0.39, 0.29) is 24.8 Å². The predicted molar refractivity (Wildman–Crippen MR) is 143 cm³/mol. The Labute approximate surface area is 223 Å². The molecule has 0 saturated carbocycles. The first kappa shape index (κ1) is 25.7. The average molecular weight is 539 g/mol. The number of carboxylic acid groups (broad SMARTS) is 1. The number of pyridine rings is 1. The molecule has 0 aliphatic carbocycles. The lowest BCUT2D eigenvalue weighted by Crippen LogP contribution is -2.38. The van der Waals surface area contributed by atoms with Gasteiger partial charge in [0, 0.05) is 36.3 Å². The van der Waals surface area contributed by atoms with Gasteiger partial charge in [-0.1, -0.05) is 23.7 Å². The maximum absolute atomic E-state index is 13.6. The van der Waals surface area contributed by atoms with Crippen LogP contribution in [0.2, 0.25) is 5.02 Å². The molecule has 198 valence electrons. The second-order valence-corrected chi connectivity index (χ2v) is 9.58. The molecule has 0 radical (unpaired) electrons. The zero-order valence-corrected chi connectivity index (χ0v) is 21.5. The van der Waals surface area contributed by atoms with Crippen LogP contribution in [-0.4, -0.2) is 66.1 Å². The molecule has 1 aromatic heterocycles. The molecule has 38 heavy (non-hydrogen) atoms. The smallest absolute Gasteiger partial charge is 0.303 e. The van der Waals surface area contributed by atoms with E-state index in [9.17, 15) is 14.4 Å². The van der Waals surface area contributed by atoms with Crippen LogP contribution in [0, 0.1) is 0 Å². The Bertz CT molecular complexity index is 1460. The third-order valence-electron chi connectivity index (χ3n) is 6.78. The summed E-state index contributed by atoms with van der Waals surface area (Å²) >= 11 is 6.36. The highest BCUT2D eigenvalue weighted by Gasteiger charge is 2.36. The fourth-order valence-corrected chi connectivity index (χ4v) is 5.11. The van der Waals surface area contributed by atoms with E-state index in [0.29, 0.717) is 59.6 Å². The summed E-state index contributed by atoms with van der Waals surface area (Å²) in [5.74, 6) is -0.842. The number of H-pyrrole nitrogens is 1. The third-order valence-corrected chi connectivity index (χ3v) is 7.02. The van der Waals surface area contributed by atoms with Crippen LogP contribution in [0.5, 0.6) is 5.75 Å². The van der Waals surface area contributed by atoms with Crippen LogP contribution in [-0.2, 0) is 14.3 Å². The number of hydrogen-bond donors (Lipinski definition) is 2. The van der Waals surface area contributed by atoms with E-state index in [1.807, 2.05) is 18.2 Å². The van der Waals surface area contributed by atoms with Gasteiger partial charge in [-0.3, -0.25) is 14.4 Å². The number of halogens is 1. The van der Waals surface area contributed by atoms with Gasteiger partial charge in [-0.2, -0.15) is 5.10 Å². The molecule has 10 nitrogen and oxygen atoms in total. The summed E-state index contributed by atoms with van der Waals surface area (Å²) in [6.45, 7) is 2.17. The highest BCUT2D eigenvalue weighted by molar-refractivity contribution is 6.31. The zero-order valence-electron chi connectivity index (χ0n) is 20.8. The second-order valence-electron chi connectivity index (χ2n) is 9.14. The number of anilines is 1. The van der Waals surface area contributed by atoms with Crippen LogP contribution in [0.4, 0.5) is 5.69 Å². The van der Waals surface area contributed by atoms with Crippen LogP contribution >= 0.6 is 11.6 Å². The molecule has 1 saturated heterocycles. The van der Waals surface area contributed by atoms with Crippen molar-refractivity contribution in [3.8, 4) is 5.75 Å². The monoisotopic (exact) mass is 538 g/mol. The minimum absolute atomic E-state index is 0.210. The van der Waals surface area contributed by atoms with Gasteiger partial charge in [-0.15, -0.1) is 0 Å². The summed E-state index contributed by atoms with van der Waals surface area (Å²) in [6.07, 6.45) is -0.250. The van der Waals surface area contributed by atoms with E-state index in [1.54, 1.807) is 31.4 Å². The van der Waals surface area contributed by atoms with Crippen molar-refractivity contribution >= 4 is 45.8 Å². The number of amides is 1. The van der Waals surface area contributed by atoms with Crippen LogP contribution in [0.3, 0.4) is 0 Å². The van der Waals surface area contributed by atoms with Crippen molar-refractivity contribution in [2.24, 2.45) is 5.10 Å². The number of carboxylic acids is 1. The number of rotatable bonds is 7. The normalized spacial score (nSPS) is 17.5. The molecule has 1 atom stereocenters. The molecular formula is C27H27ClN4O6. The highest BCUT2D eigenvalue weighted by atomic mass is 35.5. The lowest BCUT2D eigenvalue weighted by molar-refractivity contribution is -0.141. The minimum atomic E-state index is -1.07. The number of aromatic nitrogens is 1. The van der Waals surface area contributed by atoms with E-state index in [2.05, 4.69) is 15.0 Å². The SMILES string of the molecule is COc1ccc(C2CC(c3c(N4CCOCC4)c4cc(Cl)ccc4[nH]c3=O)=NN2C(=O)CCC(=O)O)cc1. The molecule has 3 heterocycles. The fourth-order valence-electron chi connectivity index (χ4n) is 4.94. The molecule has 2 aliphatic heterocycles. The van der Waals surface area contributed by atoms with Gasteiger partial charge in [0.2, 0.25) is 5.91 Å². The van der Waals surface area contributed by atoms with Crippen molar-refractivity contribution in [2.75, 3.05) is 38.3 Å². The minimum Gasteiger partial charge on any atom is -0.497 e. The molecule has 2 N–H and O–H groups in total. The van der Waals surface area contributed by atoms with E-state index in [1.165, 1.54) is 5.01 Å². The number of aromatic amines is 1. The average Bonchev–Trinajstić information content (AvgIpc) is 3.37. The highest BCUT2D eigenvalue weighted by Crippen LogP contribution is 2.38. The van der Waals surface area contributed by atoms with E-state index < -0.39 is 17.9 Å². The van der Waals surface area contributed by atoms with E-state index >= 15 is 0 Å². The van der Waals surface area contributed by atoms with Crippen molar-refractivity contribution in [3.63, 3.8) is 0 Å². The Kier molecular flexibility index (Phi) is 7.35. The first-order valence-electron chi connectivity index (χ1n) is 12.3. The number of carbonyl (C=O) groups excluding carboxylic acids is 1. The molecule has 2 aromatic carbocycles. The molecular weight excluding hydrogens is 512 g/mol. The zero-order chi connectivity index (χ0) is 26.8. The number of benzene rings is 2. The van der Waals surface area contributed by atoms with E-state index in [4.69, 9.17) is 26.2 Å². The van der Waals surface area contributed by atoms with Gasteiger partial charge in [0.05, 0.1) is 55.3 Å². The number of fused-ring (bicyclic) bond motifs is 1. The molecule has 2 aliphatic rings. The van der Waals surface area contributed by atoms with Crippen LogP contribution in [0.1, 0.15) is 36.4 Å². The Morgan fingerprint density at radius 1 is 1.16 bits per heavy atom. The van der Waals surface area contributed by atoms with Gasteiger partial charge in [0.1, 0.15) is 5.75 Å².